The van der Waals surface area contributed by atoms with Gasteiger partial charge in [0.1, 0.15) is 5.37 Å². The fourth-order valence-corrected chi connectivity index (χ4v) is 6.93. The number of hydrogen-bond donors (Lipinski definition) is 0. The lowest BCUT2D eigenvalue weighted by molar-refractivity contribution is -0.190. The van der Waals surface area contributed by atoms with E-state index >= 15 is 0 Å². The van der Waals surface area contributed by atoms with Gasteiger partial charge in [0.05, 0.1) is 27.6 Å². The zero-order valence-corrected chi connectivity index (χ0v) is 26.3. The molecule has 0 spiro atoms. The third kappa shape index (κ3) is 7.04. The largest absolute Gasteiger partial charge is 0.427 e. The maximum atomic E-state index is 13.5. The Morgan fingerprint density at radius 1 is 1.08 bits per heavy atom. The third-order valence-electron chi connectivity index (χ3n) is 6.25. The molecule has 12 nitrogen and oxygen atoms in total. The number of nitrogens with zero attached hydrogens (tertiary/aromatic N) is 5. The fourth-order valence-electron chi connectivity index (χ4n) is 3.73. The molecule has 1 fully saturated rings. The SMILES string of the molecule is Cn1nnnc1CC(=S)S[C@@H]1[C@H](C(C)(O[SiH](C)C)C(C)(C)C)C(=O)N1C(=O)C(=O)OCOC(=O)C(C)(C)C. The Kier molecular flexibility index (Phi) is 10.00. The monoisotopic (exact) mass is 587 g/mol. The summed E-state index contributed by atoms with van der Waals surface area (Å²) in [5.41, 5.74) is -2.26. The van der Waals surface area contributed by atoms with Gasteiger partial charge < -0.3 is 13.9 Å². The van der Waals surface area contributed by atoms with E-state index in [4.69, 9.17) is 26.1 Å². The Morgan fingerprint density at radius 2 is 1.68 bits per heavy atom. The first-order valence-electron chi connectivity index (χ1n) is 12.1. The topological polar surface area (TPSA) is 143 Å². The van der Waals surface area contributed by atoms with Crippen LogP contribution in [0.1, 0.15) is 54.3 Å². The van der Waals surface area contributed by atoms with Gasteiger partial charge in [-0.15, -0.1) is 5.10 Å². The third-order valence-corrected chi connectivity index (χ3v) is 8.78. The van der Waals surface area contributed by atoms with Gasteiger partial charge in [0.15, 0.2) is 14.9 Å². The van der Waals surface area contributed by atoms with Crippen LogP contribution in [0, 0.1) is 16.7 Å². The minimum absolute atomic E-state index is 0.210. The number of tetrazole rings is 1. The van der Waals surface area contributed by atoms with Crippen molar-refractivity contribution < 1.29 is 33.1 Å². The number of esters is 2. The molecule has 0 aromatic carbocycles. The van der Waals surface area contributed by atoms with Crippen molar-refractivity contribution in [1.82, 2.24) is 25.1 Å². The van der Waals surface area contributed by atoms with Gasteiger partial charge in [-0.2, -0.15) is 0 Å². The second-order valence-corrected chi connectivity index (χ2v) is 15.8. The van der Waals surface area contributed by atoms with Gasteiger partial charge in [-0.25, -0.2) is 9.48 Å². The summed E-state index contributed by atoms with van der Waals surface area (Å²) in [7, 11) is 0.0267. The average Bonchev–Trinajstić information content (AvgIpc) is 3.15. The van der Waals surface area contributed by atoms with Crippen molar-refractivity contribution >= 4 is 61.0 Å². The molecule has 15 heteroatoms. The van der Waals surface area contributed by atoms with Crippen molar-refractivity contribution in [2.45, 2.75) is 79.0 Å². The van der Waals surface area contributed by atoms with Gasteiger partial charge >= 0.3 is 17.8 Å². The number of carbonyl (C=O) groups excluding carboxylic acids is 4. The van der Waals surface area contributed by atoms with Gasteiger partial charge in [0.25, 0.3) is 0 Å². The zero-order chi connectivity index (χ0) is 29.2. The van der Waals surface area contributed by atoms with Crippen molar-refractivity contribution in [3.63, 3.8) is 0 Å². The molecular formula is C23H37N5O7S2Si. The van der Waals surface area contributed by atoms with Crippen LogP contribution in [0.25, 0.3) is 0 Å². The van der Waals surface area contributed by atoms with Gasteiger partial charge in [-0.1, -0.05) is 44.8 Å². The van der Waals surface area contributed by atoms with Crippen molar-refractivity contribution in [3.05, 3.63) is 5.82 Å². The molecule has 2 rings (SSSR count). The van der Waals surface area contributed by atoms with Crippen LogP contribution in [0.15, 0.2) is 0 Å². The van der Waals surface area contributed by atoms with Crippen LogP contribution in [-0.2, 0) is 46.5 Å². The van der Waals surface area contributed by atoms with Crippen LogP contribution in [0.3, 0.4) is 0 Å². The van der Waals surface area contributed by atoms with E-state index in [-0.39, 0.29) is 6.42 Å². The number of thiocarbonyl (C=S) groups is 1. The number of likely N-dealkylation sites (tertiary alicyclic amines) is 1. The Labute approximate surface area is 234 Å². The molecule has 1 aliphatic rings. The highest BCUT2D eigenvalue weighted by atomic mass is 32.2. The summed E-state index contributed by atoms with van der Waals surface area (Å²) in [6.45, 7) is 15.9. The number of amides is 2. The molecule has 0 bridgehead atoms. The highest BCUT2D eigenvalue weighted by Gasteiger charge is 2.64. The molecule has 1 saturated heterocycles. The number of aryl methyl sites for hydroxylation is 1. The minimum atomic E-state index is -1.65. The summed E-state index contributed by atoms with van der Waals surface area (Å²) in [6, 6.07) is 0. The number of β-lactam (4-membered cyclic amide) rings is 1. The van der Waals surface area contributed by atoms with E-state index in [0.29, 0.717) is 10.0 Å². The predicted octanol–water partition coefficient (Wildman–Crippen LogP) is 2.02. The van der Waals surface area contributed by atoms with Crippen molar-refractivity contribution in [2.24, 2.45) is 23.8 Å². The van der Waals surface area contributed by atoms with Crippen LogP contribution < -0.4 is 0 Å². The van der Waals surface area contributed by atoms with Gasteiger partial charge in [-0.3, -0.25) is 19.3 Å². The number of thioether (sulfide) groups is 1. The summed E-state index contributed by atoms with van der Waals surface area (Å²) < 4.78 is 18.1. The summed E-state index contributed by atoms with van der Waals surface area (Å²) in [4.78, 5) is 51.9. The van der Waals surface area contributed by atoms with E-state index < -0.39 is 67.3 Å². The van der Waals surface area contributed by atoms with E-state index in [2.05, 4.69) is 15.5 Å². The molecule has 1 unspecified atom stereocenters. The Hall–Kier alpha value is -2.23. The van der Waals surface area contributed by atoms with E-state index in [9.17, 15) is 19.2 Å². The van der Waals surface area contributed by atoms with Gasteiger partial charge in [-0.05, 0) is 56.6 Å². The molecule has 2 heterocycles. The Balaban J connectivity index is 2.30. The molecule has 1 aromatic heterocycles. The highest BCUT2D eigenvalue weighted by molar-refractivity contribution is 8.23. The molecule has 0 radical (unpaired) electrons. The number of aromatic nitrogens is 4. The molecule has 1 aliphatic heterocycles. The normalized spacial score (nSPS) is 19.6. The average molecular weight is 588 g/mol. The van der Waals surface area contributed by atoms with Crippen LogP contribution in [-0.4, -0.2) is 79.9 Å². The van der Waals surface area contributed by atoms with E-state index in [1.807, 2.05) is 40.8 Å². The summed E-state index contributed by atoms with van der Waals surface area (Å²) in [5.74, 6) is -3.92. The smallest absolute Gasteiger partial charge is 0.400 e. The van der Waals surface area contributed by atoms with Gasteiger partial charge in [0, 0.05) is 7.05 Å². The summed E-state index contributed by atoms with van der Waals surface area (Å²) in [5, 5.41) is 10.5. The highest BCUT2D eigenvalue weighted by Crippen LogP contribution is 2.51. The minimum Gasteiger partial charge on any atom is -0.427 e. The lowest BCUT2D eigenvalue weighted by Gasteiger charge is -2.57. The van der Waals surface area contributed by atoms with Crippen LogP contribution in [0.2, 0.25) is 13.1 Å². The zero-order valence-electron chi connectivity index (χ0n) is 23.6. The number of hydrogen-bond acceptors (Lipinski definition) is 12. The number of carbonyl (C=O) groups is 4. The molecule has 38 heavy (non-hydrogen) atoms. The van der Waals surface area contributed by atoms with Crippen molar-refractivity contribution in [3.8, 4) is 0 Å². The lowest BCUT2D eigenvalue weighted by atomic mass is 9.67. The molecule has 0 aliphatic carbocycles. The first-order chi connectivity index (χ1) is 17.3. The number of imide groups is 1. The summed E-state index contributed by atoms with van der Waals surface area (Å²) >= 11 is 6.68. The lowest BCUT2D eigenvalue weighted by Crippen LogP contribution is -2.72. The Morgan fingerprint density at radius 3 is 2.16 bits per heavy atom. The molecule has 0 saturated carbocycles. The van der Waals surface area contributed by atoms with Crippen LogP contribution in [0.5, 0.6) is 0 Å². The second kappa shape index (κ2) is 11.9. The van der Waals surface area contributed by atoms with Crippen LogP contribution in [0.4, 0.5) is 0 Å². The molecule has 212 valence electrons. The Bertz CT molecular complexity index is 1100. The predicted molar refractivity (Wildman–Crippen MR) is 146 cm³/mol. The first-order valence-corrected chi connectivity index (χ1v) is 16.2. The number of rotatable bonds is 8. The van der Waals surface area contributed by atoms with Gasteiger partial charge in [0.2, 0.25) is 12.7 Å². The standard InChI is InChI=1S/C23H37N5O7S2Si/c1-21(2,3)20(32)34-12-33-19(31)17(30)28-16(29)15(23(7,22(4,5)6)35-38(9)10)18(28)37-14(36)11-13-24-25-26-27(13)8/h15,18,38H,11-12H2,1-10H3/t15-,18-,23?/m1/s1. The van der Waals surface area contributed by atoms with E-state index in [0.717, 1.165) is 16.7 Å². The van der Waals surface area contributed by atoms with E-state index in [1.165, 1.54) is 4.68 Å². The molecule has 1 aromatic rings. The van der Waals surface area contributed by atoms with E-state index in [1.54, 1.807) is 27.8 Å². The van der Waals surface area contributed by atoms with Crippen molar-refractivity contribution in [1.29, 1.82) is 0 Å². The molecule has 2 amide bonds. The maximum absolute atomic E-state index is 13.5. The fraction of sp³-hybridized carbons (Fsp3) is 0.739. The quantitative estimate of drug-likeness (QED) is 0.110. The second-order valence-electron chi connectivity index (χ2n) is 11.5. The molecular weight excluding hydrogens is 551 g/mol. The maximum Gasteiger partial charge on any atom is 0.400 e. The first kappa shape index (κ1) is 32.0. The van der Waals surface area contributed by atoms with Crippen LogP contribution >= 0.6 is 24.0 Å². The summed E-state index contributed by atoms with van der Waals surface area (Å²) in [6.07, 6.45) is 0.210. The molecule has 3 atom stereocenters. The molecule has 0 N–H and O–H groups in total. The van der Waals surface area contributed by atoms with Crippen molar-refractivity contribution in [2.75, 3.05) is 6.79 Å². The number of ether oxygens (including phenoxy) is 2.